The predicted molar refractivity (Wildman–Crippen MR) is 87.7 cm³/mol. The van der Waals surface area contributed by atoms with E-state index >= 15 is 0 Å². The van der Waals surface area contributed by atoms with Crippen molar-refractivity contribution in [2.45, 2.75) is 13.8 Å². The summed E-state index contributed by atoms with van der Waals surface area (Å²) in [6, 6.07) is 7.23. The topological polar surface area (TPSA) is 84.7 Å². The molecule has 2 amide bonds. The lowest BCUT2D eigenvalue weighted by molar-refractivity contribution is 0.262. The summed E-state index contributed by atoms with van der Waals surface area (Å²) < 4.78 is 1.76. The molecule has 0 saturated carbocycles. The Labute approximate surface area is 133 Å². The third kappa shape index (κ3) is 3.34. The summed E-state index contributed by atoms with van der Waals surface area (Å²) in [6.45, 7) is 3.80. The first kappa shape index (κ1) is 14.7. The van der Waals surface area contributed by atoms with Gasteiger partial charge in [0.15, 0.2) is 0 Å². The molecular weight excluding hydrogens is 292 g/mol. The van der Waals surface area contributed by atoms with Gasteiger partial charge in [-0.15, -0.1) is 0 Å². The van der Waals surface area contributed by atoms with Crippen LogP contribution in [0.4, 0.5) is 16.2 Å². The van der Waals surface area contributed by atoms with E-state index < -0.39 is 0 Å². The first-order valence-corrected chi connectivity index (χ1v) is 7.09. The first-order chi connectivity index (χ1) is 11.1. The molecule has 0 saturated heterocycles. The number of para-hydroxylation sites is 1. The van der Waals surface area contributed by atoms with E-state index in [0.29, 0.717) is 11.6 Å². The molecule has 0 unspecified atom stereocenters. The quantitative estimate of drug-likeness (QED) is 0.779. The SMILES string of the molecule is Cc1ccccc1NC(=O)Nc1cnc(-n2ccnc2C)nc1. The Morgan fingerprint density at radius 2 is 1.78 bits per heavy atom. The molecule has 0 spiro atoms. The fourth-order valence-electron chi connectivity index (χ4n) is 2.10. The van der Waals surface area contributed by atoms with Gasteiger partial charge in [0, 0.05) is 18.1 Å². The van der Waals surface area contributed by atoms with Crippen LogP contribution in [-0.4, -0.2) is 25.6 Å². The van der Waals surface area contributed by atoms with Gasteiger partial charge in [0.2, 0.25) is 5.95 Å². The van der Waals surface area contributed by atoms with Crippen LogP contribution in [0, 0.1) is 13.8 Å². The Kier molecular flexibility index (Phi) is 4.01. The third-order valence-electron chi connectivity index (χ3n) is 3.33. The summed E-state index contributed by atoms with van der Waals surface area (Å²) in [5.74, 6) is 1.30. The van der Waals surface area contributed by atoms with Crippen LogP contribution in [0.3, 0.4) is 0 Å². The molecular formula is C16H16N6O. The second-order valence-corrected chi connectivity index (χ2v) is 5.01. The molecule has 7 nitrogen and oxygen atoms in total. The van der Waals surface area contributed by atoms with Crippen molar-refractivity contribution in [1.29, 1.82) is 0 Å². The van der Waals surface area contributed by atoms with Crippen molar-refractivity contribution in [3.8, 4) is 5.95 Å². The van der Waals surface area contributed by atoms with Gasteiger partial charge in [-0.1, -0.05) is 18.2 Å². The van der Waals surface area contributed by atoms with Gasteiger partial charge in [-0.3, -0.25) is 4.57 Å². The van der Waals surface area contributed by atoms with Crippen molar-refractivity contribution in [3.63, 3.8) is 0 Å². The highest BCUT2D eigenvalue weighted by atomic mass is 16.2. The predicted octanol–water partition coefficient (Wildman–Crippen LogP) is 2.92. The van der Waals surface area contributed by atoms with Crippen molar-refractivity contribution < 1.29 is 4.79 Å². The number of rotatable bonds is 3. The molecule has 0 bridgehead atoms. The fourth-order valence-corrected chi connectivity index (χ4v) is 2.10. The molecule has 0 aliphatic carbocycles. The number of carbonyl (C=O) groups excluding carboxylic acids is 1. The number of amides is 2. The Morgan fingerprint density at radius 1 is 1.04 bits per heavy atom. The number of hydrogen-bond acceptors (Lipinski definition) is 4. The van der Waals surface area contributed by atoms with Gasteiger partial charge in [-0.2, -0.15) is 0 Å². The molecule has 2 heterocycles. The molecule has 0 fully saturated rings. The Bertz CT molecular complexity index is 825. The standard InChI is InChI=1S/C16H16N6O/c1-11-5-3-4-6-14(11)21-16(23)20-13-9-18-15(19-10-13)22-8-7-17-12(22)2/h3-10H,1-2H3,(H2,20,21,23). The summed E-state index contributed by atoms with van der Waals surface area (Å²) >= 11 is 0. The zero-order chi connectivity index (χ0) is 16.2. The van der Waals surface area contributed by atoms with Gasteiger partial charge >= 0.3 is 6.03 Å². The van der Waals surface area contributed by atoms with Crippen molar-refractivity contribution in [2.24, 2.45) is 0 Å². The van der Waals surface area contributed by atoms with Crippen LogP contribution in [0.2, 0.25) is 0 Å². The summed E-state index contributed by atoms with van der Waals surface area (Å²) in [5, 5.41) is 5.49. The number of nitrogens with zero attached hydrogens (tertiary/aromatic N) is 4. The molecule has 2 aromatic heterocycles. The highest BCUT2D eigenvalue weighted by Gasteiger charge is 2.07. The van der Waals surface area contributed by atoms with Gasteiger partial charge in [0.25, 0.3) is 0 Å². The zero-order valence-electron chi connectivity index (χ0n) is 12.8. The van der Waals surface area contributed by atoms with Crippen molar-refractivity contribution >= 4 is 17.4 Å². The van der Waals surface area contributed by atoms with Crippen LogP contribution >= 0.6 is 0 Å². The molecule has 2 N–H and O–H groups in total. The number of nitrogens with one attached hydrogen (secondary N) is 2. The van der Waals surface area contributed by atoms with Crippen LogP contribution in [-0.2, 0) is 0 Å². The fraction of sp³-hybridized carbons (Fsp3) is 0.125. The number of carbonyl (C=O) groups is 1. The van der Waals surface area contributed by atoms with E-state index in [-0.39, 0.29) is 6.03 Å². The smallest absolute Gasteiger partial charge is 0.307 e. The molecule has 7 heteroatoms. The molecule has 0 aliphatic heterocycles. The number of aryl methyl sites for hydroxylation is 2. The molecule has 116 valence electrons. The van der Waals surface area contributed by atoms with E-state index in [2.05, 4.69) is 25.6 Å². The Hall–Kier alpha value is -3.22. The van der Waals surface area contributed by atoms with Crippen molar-refractivity contribution in [1.82, 2.24) is 19.5 Å². The van der Waals surface area contributed by atoms with E-state index in [9.17, 15) is 4.79 Å². The molecule has 23 heavy (non-hydrogen) atoms. The van der Waals surface area contributed by atoms with Gasteiger partial charge in [-0.25, -0.2) is 19.7 Å². The summed E-state index contributed by atoms with van der Waals surface area (Å²) in [6.07, 6.45) is 6.57. The number of benzene rings is 1. The second-order valence-electron chi connectivity index (χ2n) is 5.01. The van der Waals surface area contributed by atoms with Crippen molar-refractivity contribution in [2.75, 3.05) is 10.6 Å². The average molecular weight is 308 g/mol. The van der Waals surface area contributed by atoms with Gasteiger partial charge in [-0.05, 0) is 25.5 Å². The van der Waals surface area contributed by atoms with Crippen LogP contribution in [0.15, 0.2) is 49.1 Å². The normalized spacial score (nSPS) is 10.3. The van der Waals surface area contributed by atoms with E-state index in [1.165, 1.54) is 0 Å². The third-order valence-corrected chi connectivity index (χ3v) is 3.33. The summed E-state index contributed by atoms with van der Waals surface area (Å²) in [4.78, 5) is 24.6. The maximum atomic E-state index is 12.0. The van der Waals surface area contributed by atoms with Crippen molar-refractivity contribution in [3.05, 3.63) is 60.4 Å². The minimum absolute atomic E-state index is 0.338. The number of hydrogen-bond donors (Lipinski definition) is 2. The maximum absolute atomic E-state index is 12.0. The van der Waals surface area contributed by atoms with Crippen LogP contribution in [0.5, 0.6) is 0 Å². The minimum atomic E-state index is -0.338. The zero-order valence-corrected chi connectivity index (χ0v) is 12.8. The van der Waals surface area contributed by atoms with Gasteiger partial charge in [0.05, 0.1) is 18.1 Å². The average Bonchev–Trinajstić information content (AvgIpc) is 2.96. The number of anilines is 2. The van der Waals surface area contributed by atoms with Crippen LogP contribution < -0.4 is 10.6 Å². The molecule has 1 aromatic carbocycles. The molecule has 3 aromatic rings. The Morgan fingerprint density at radius 3 is 2.43 bits per heavy atom. The monoisotopic (exact) mass is 308 g/mol. The number of imidazole rings is 1. The molecule has 0 aliphatic rings. The summed E-state index contributed by atoms with van der Waals surface area (Å²) in [5.41, 5.74) is 2.26. The lowest BCUT2D eigenvalue weighted by Gasteiger charge is -2.09. The Balaban J connectivity index is 1.68. The molecule has 3 rings (SSSR count). The molecule has 0 atom stereocenters. The van der Waals surface area contributed by atoms with Gasteiger partial charge < -0.3 is 10.6 Å². The first-order valence-electron chi connectivity index (χ1n) is 7.09. The van der Waals surface area contributed by atoms with E-state index in [1.807, 2.05) is 38.1 Å². The number of aromatic nitrogens is 4. The van der Waals surface area contributed by atoms with Crippen LogP contribution in [0.1, 0.15) is 11.4 Å². The minimum Gasteiger partial charge on any atom is -0.307 e. The van der Waals surface area contributed by atoms with Crippen LogP contribution in [0.25, 0.3) is 5.95 Å². The lowest BCUT2D eigenvalue weighted by Crippen LogP contribution is -2.20. The number of urea groups is 1. The second kappa shape index (κ2) is 6.27. The maximum Gasteiger partial charge on any atom is 0.323 e. The van der Waals surface area contributed by atoms with Gasteiger partial charge in [0.1, 0.15) is 5.82 Å². The van der Waals surface area contributed by atoms with E-state index in [0.717, 1.165) is 17.1 Å². The highest BCUT2D eigenvalue weighted by molar-refractivity contribution is 5.99. The van der Waals surface area contributed by atoms with E-state index in [4.69, 9.17) is 0 Å². The van der Waals surface area contributed by atoms with E-state index in [1.54, 1.807) is 29.4 Å². The lowest BCUT2D eigenvalue weighted by atomic mass is 10.2. The largest absolute Gasteiger partial charge is 0.323 e. The molecule has 0 radical (unpaired) electrons. The summed E-state index contributed by atoms with van der Waals surface area (Å²) in [7, 11) is 0. The highest BCUT2D eigenvalue weighted by Crippen LogP contribution is 2.14.